The molecule has 116 valence electrons. The second kappa shape index (κ2) is 6.89. The molecule has 0 atom stereocenters. The van der Waals surface area contributed by atoms with Crippen molar-refractivity contribution >= 4 is 17.3 Å². The van der Waals surface area contributed by atoms with E-state index >= 15 is 0 Å². The van der Waals surface area contributed by atoms with E-state index in [0.717, 1.165) is 17.7 Å². The number of nitrogen functional groups attached to an aromatic ring is 1. The molecule has 0 spiro atoms. The van der Waals surface area contributed by atoms with Crippen molar-refractivity contribution in [2.24, 2.45) is 0 Å². The highest BCUT2D eigenvalue weighted by Gasteiger charge is 2.07. The Bertz CT molecular complexity index is 690. The number of amides is 1. The molecular formula is C16H16F2N2O2. The van der Waals surface area contributed by atoms with E-state index in [1.807, 2.05) is 6.07 Å². The molecule has 0 aliphatic rings. The molecule has 22 heavy (non-hydrogen) atoms. The van der Waals surface area contributed by atoms with Crippen molar-refractivity contribution in [2.75, 3.05) is 18.2 Å². The lowest BCUT2D eigenvalue weighted by Crippen LogP contribution is -2.12. The molecule has 3 N–H and O–H groups in total. The van der Waals surface area contributed by atoms with Crippen molar-refractivity contribution in [2.45, 2.75) is 12.8 Å². The van der Waals surface area contributed by atoms with E-state index in [0.29, 0.717) is 17.9 Å². The predicted molar refractivity (Wildman–Crippen MR) is 80.7 cm³/mol. The third kappa shape index (κ3) is 3.94. The van der Waals surface area contributed by atoms with Crippen molar-refractivity contribution in [1.82, 2.24) is 0 Å². The van der Waals surface area contributed by atoms with Crippen LogP contribution >= 0.6 is 0 Å². The zero-order valence-electron chi connectivity index (χ0n) is 12.0. The van der Waals surface area contributed by atoms with Gasteiger partial charge in [0.2, 0.25) is 5.91 Å². The van der Waals surface area contributed by atoms with Crippen LogP contribution in [0.1, 0.15) is 12.0 Å². The first-order chi connectivity index (χ1) is 10.5. The Morgan fingerprint density at radius 3 is 2.59 bits per heavy atom. The predicted octanol–water partition coefficient (Wildman–Crippen LogP) is 3.13. The number of nitrogens with one attached hydrogen (secondary N) is 1. The lowest BCUT2D eigenvalue weighted by molar-refractivity contribution is -0.116. The Kier molecular flexibility index (Phi) is 4.93. The molecule has 6 heteroatoms. The Morgan fingerprint density at radius 2 is 1.95 bits per heavy atom. The van der Waals surface area contributed by atoms with Crippen molar-refractivity contribution in [3.8, 4) is 5.75 Å². The zero-order chi connectivity index (χ0) is 16.1. The molecule has 2 aromatic rings. The van der Waals surface area contributed by atoms with Crippen LogP contribution in [0.25, 0.3) is 0 Å². The van der Waals surface area contributed by atoms with Crippen LogP contribution in [0.2, 0.25) is 0 Å². The third-order valence-corrected chi connectivity index (χ3v) is 3.14. The number of rotatable bonds is 5. The first-order valence-electron chi connectivity index (χ1n) is 6.67. The fourth-order valence-corrected chi connectivity index (χ4v) is 1.99. The number of nitrogens with two attached hydrogens (primary N) is 1. The van der Waals surface area contributed by atoms with E-state index in [1.54, 1.807) is 12.1 Å². The zero-order valence-corrected chi connectivity index (χ0v) is 12.0. The van der Waals surface area contributed by atoms with Gasteiger partial charge in [-0.05, 0) is 36.2 Å². The average molecular weight is 306 g/mol. The van der Waals surface area contributed by atoms with Crippen molar-refractivity contribution < 1.29 is 18.3 Å². The summed E-state index contributed by atoms with van der Waals surface area (Å²) < 4.78 is 30.9. The fourth-order valence-electron chi connectivity index (χ4n) is 1.99. The van der Waals surface area contributed by atoms with Gasteiger partial charge in [0.25, 0.3) is 0 Å². The number of carbonyl (C=O) groups is 1. The van der Waals surface area contributed by atoms with Gasteiger partial charge in [-0.15, -0.1) is 0 Å². The van der Waals surface area contributed by atoms with Crippen molar-refractivity contribution in [3.05, 3.63) is 53.6 Å². The fraction of sp³-hybridized carbons (Fsp3) is 0.188. The Labute approximate surface area is 126 Å². The number of halogens is 2. The summed E-state index contributed by atoms with van der Waals surface area (Å²) in [4.78, 5) is 11.8. The van der Waals surface area contributed by atoms with Gasteiger partial charge >= 0.3 is 0 Å². The highest BCUT2D eigenvalue weighted by Crippen LogP contribution is 2.22. The molecule has 0 heterocycles. The minimum Gasteiger partial charge on any atom is -0.495 e. The van der Waals surface area contributed by atoms with Crippen LogP contribution in [0.4, 0.5) is 20.2 Å². The first kappa shape index (κ1) is 15.8. The van der Waals surface area contributed by atoms with Crippen LogP contribution < -0.4 is 15.8 Å². The number of methoxy groups -OCH3 is 1. The van der Waals surface area contributed by atoms with E-state index in [-0.39, 0.29) is 18.0 Å². The van der Waals surface area contributed by atoms with E-state index in [4.69, 9.17) is 10.5 Å². The topological polar surface area (TPSA) is 64.3 Å². The Hall–Kier alpha value is -2.63. The van der Waals surface area contributed by atoms with Crippen LogP contribution in [-0.2, 0) is 11.2 Å². The summed E-state index contributed by atoms with van der Waals surface area (Å²) in [6.45, 7) is 0. The normalized spacial score (nSPS) is 10.3. The standard InChI is InChI=1S/C16H16F2N2O2/c1-22-15-6-2-10(8-14(15)19)3-7-16(21)20-11-4-5-12(17)13(18)9-11/h2,4-6,8-9H,3,7,19H2,1H3,(H,20,21). The summed E-state index contributed by atoms with van der Waals surface area (Å²) in [5, 5.41) is 2.52. The molecule has 2 rings (SSSR count). The minimum absolute atomic E-state index is 0.199. The van der Waals surface area contributed by atoms with Crippen LogP contribution in [0.3, 0.4) is 0 Å². The number of carbonyl (C=O) groups excluding carboxylic acids is 1. The monoisotopic (exact) mass is 306 g/mol. The van der Waals surface area contributed by atoms with Gasteiger partial charge in [-0.3, -0.25) is 4.79 Å². The number of anilines is 2. The van der Waals surface area contributed by atoms with Crippen LogP contribution in [-0.4, -0.2) is 13.0 Å². The molecule has 0 fully saturated rings. The first-order valence-corrected chi connectivity index (χ1v) is 6.67. The van der Waals surface area contributed by atoms with E-state index < -0.39 is 11.6 Å². The maximum Gasteiger partial charge on any atom is 0.224 e. The minimum atomic E-state index is -0.999. The molecule has 0 aliphatic carbocycles. The number of aryl methyl sites for hydroxylation is 1. The number of hydrogen-bond donors (Lipinski definition) is 2. The number of benzene rings is 2. The van der Waals surface area contributed by atoms with Gasteiger partial charge < -0.3 is 15.8 Å². The van der Waals surface area contributed by atoms with Crippen LogP contribution in [0.5, 0.6) is 5.75 Å². The molecule has 0 aromatic heterocycles. The molecule has 2 aromatic carbocycles. The van der Waals surface area contributed by atoms with Crippen LogP contribution in [0.15, 0.2) is 36.4 Å². The lowest BCUT2D eigenvalue weighted by Gasteiger charge is -2.08. The van der Waals surface area contributed by atoms with Crippen molar-refractivity contribution in [1.29, 1.82) is 0 Å². The molecule has 0 aliphatic heterocycles. The van der Waals surface area contributed by atoms with Gasteiger partial charge in [0.15, 0.2) is 11.6 Å². The lowest BCUT2D eigenvalue weighted by atomic mass is 10.1. The van der Waals surface area contributed by atoms with Gasteiger partial charge in [-0.25, -0.2) is 8.78 Å². The Balaban J connectivity index is 1.92. The van der Waals surface area contributed by atoms with Gasteiger partial charge in [0.1, 0.15) is 5.75 Å². The molecular weight excluding hydrogens is 290 g/mol. The average Bonchev–Trinajstić information content (AvgIpc) is 2.49. The molecule has 0 saturated carbocycles. The summed E-state index contributed by atoms with van der Waals surface area (Å²) in [5.74, 6) is -1.66. The van der Waals surface area contributed by atoms with Gasteiger partial charge in [0.05, 0.1) is 12.8 Å². The summed E-state index contributed by atoms with van der Waals surface area (Å²) in [6, 6.07) is 8.51. The molecule has 0 unspecified atom stereocenters. The second-order valence-electron chi connectivity index (χ2n) is 4.75. The number of ether oxygens (including phenoxy) is 1. The molecule has 0 saturated heterocycles. The van der Waals surface area contributed by atoms with Crippen LogP contribution in [0, 0.1) is 11.6 Å². The number of hydrogen-bond acceptors (Lipinski definition) is 3. The highest BCUT2D eigenvalue weighted by atomic mass is 19.2. The van der Waals surface area contributed by atoms with Gasteiger partial charge in [-0.1, -0.05) is 6.07 Å². The maximum absolute atomic E-state index is 13.0. The Morgan fingerprint density at radius 1 is 1.18 bits per heavy atom. The smallest absolute Gasteiger partial charge is 0.224 e. The largest absolute Gasteiger partial charge is 0.495 e. The van der Waals surface area contributed by atoms with E-state index in [1.165, 1.54) is 13.2 Å². The SMILES string of the molecule is COc1ccc(CCC(=O)Nc2ccc(F)c(F)c2)cc1N. The molecule has 0 bridgehead atoms. The summed E-state index contributed by atoms with van der Waals surface area (Å²) in [5.41, 5.74) is 7.40. The molecule has 4 nitrogen and oxygen atoms in total. The quantitative estimate of drug-likeness (QED) is 0.834. The molecule has 1 amide bonds. The van der Waals surface area contributed by atoms with Gasteiger partial charge in [-0.2, -0.15) is 0 Å². The van der Waals surface area contributed by atoms with Crippen molar-refractivity contribution in [3.63, 3.8) is 0 Å². The van der Waals surface area contributed by atoms with E-state index in [9.17, 15) is 13.6 Å². The summed E-state index contributed by atoms with van der Waals surface area (Å²) in [7, 11) is 1.53. The maximum atomic E-state index is 13.0. The van der Waals surface area contributed by atoms with E-state index in [2.05, 4.69) is 5.32 Å². The third-order valence-electron chi connectivity index (χ3n) is 3.14. The molecule has 0 radical (unpaired) electrons. The second-order valence-corrected chi connectivity index (χ2v) is 4.75. The van der Waals surface area contributed by atoms with Gasteiger partial charge in [0, 0.05) is 18.2 Å². The summed E-state index contributed by atoms with van der Waals surface area (Å²) in [6.07, 6.45) is 0.675. The highest BCUT2D eigenvalue weighted by molar-refractivity contribution is 5.90. The summed E-state index contributed by atoms with van der Waals surface area (Å²) >= 11 is 0.